The van der Waals surface area contributed by atoms with Gasteiger partial charge in [-0.1, -0.05) is 54.6 Å². The molecule has 1 unspecified atom stereocenters. The Labute approximate surface area is 219 Å². The summed E-state index contributed by atoms with van der Waals surface area (Å²) in [6.07, 6.45) is 3.42. The van der Waals surface area contributed by atoms with Crippen LogP contribution in [0.2, 0.25) is 0 Å². The van der Waals surface area contributed by atoms with Gasteiger partial charge < -0.3 is 25.2 Å². The Kier molecular flexibility index (Phi) is 11.1. The third-order valence-electron chi connectivity index (χ3n) is 6.17. The van der Waals surface area contributed by atoms with E-state index in [2.05, 4.69) is 22.8 Å². The first-order valence-corrected chi connectivity index (χ1v) is 12.3. The van der Waals surface area contributed by atoms with Gasteiger partial charge in [-0.2, -0.15) is 0 Å². The van der Waals surface area contributed by atoms with Crippen LogP contribution in [-0.2, 0) is 24.2 Å². The van der Waals surface area contributed by atoms with Gasteiger partial charge in [-0.3, -0.25) is 4.79 Å². The average Bonchev–Trinajstić information content (AvgIpc) is 3.11. The number of para-hydroxylation sites is 1. The molecule has 0 spiro atoms. The lowest BCUT2D eigenvalue weighted by atomic mass is 10.0. The molecular weight excluding hydrogens is 476 g/mol. The van der Waals surface area contributed by atoms with Crippen LogP contribution in [0.1, 0.15) is 29.5 Å². The Balaban J connectivity index is 0.00000361. The Morgan fingerprint density at radius 3 is 2.47 bits per heavy atom. The molecule has 0 radical (unpaired) electrons. The second-order valence-corrected chi connectivity index (χ2v) is 8.96. The van der Waals surface area contributed by atoms with Crippen LogP contribution in [0.3, 0.4) is 0 Å². The molecule has 6 nitrogen and oxygen atoms in total. The SMILES string of the molecule is Cl.O=C(COc1ccc2c(c1)CC(NC[C@H](O)COc1ccccc1)CCC2)NCc1ccccc1. The third-order valence-corrected chi connectivity index (χ3v) is 6.17. The molecule has 0 heterocycles. The highest BCUT2D eigenvalue weighted by Gasteiger charge is 2.18. The van der Waals surface area contributed by atoms with E-state index in [1.807, 2.05) is 66.7 Å². The number of ether oxygens (including phenoxy) is 2. The zero-order valence-corrected chi connectivity index (χ0v) is 21.2. The van der Waals surface area contributed by atoms with Crippen molar-refractivity contribution in [3.8, 4) is 11.5 Å². The number of carbonyl (C=O) groups excluding carboxylic acids is 1. The molecule has 0 bridgehead atoms. The monoisotopic (exact) mass is 510 g/mol. The molecule has 4 rings (SSSR count). The molecule has 36 heavy (non-hydrogen) atoms. The number of carbonyl (C=O) groups is 1. The van der Waals surface area contributed by atoms with Gasteiger partial charge in [0, 0.05) is 19.1 Å². The highest BCUT2D eigenvalue weighted by molar-refractivity contribution is 5.85. The molecule has 3 aromatic carbocycles. The number of fused-ring (bicyclic) bond motifs is 1. The molecule has 3 N–H and O–H groups in total. The molecule has 1 aliphatic carbocycles. The zero-order valence-electron chi connectivity index (χ0n) is 20.4. The van der Waals surface area contributed by atoms with E-state index in [1.54, 1.807) is 0 Å². The van der Waals surface area contributed by atoms with Crippen LogP contribution in [0.25, 0.3) is 0 Å². The maximum atomic E-state index is 12.2. The van der Waals surface area contributed by atoms with Gasteiger partial charge in [0.2, 0.25) is 0 Å². The van der Waals surface area contributed by atoms with Crippen molar-refractivity contribution >= 4 is 18.3 Å². The first-order chi connectivity index (χ1) is 17.2. The Bertz CT molecular complexity index is 1070. The standard InChI is InChI=1S/C29H34N2O4.ClH/c32-26(20-34-27-12-5-2-6-13-27)19-30-25-11-7-10-23-14-15-28(17-24(23)16-25)35-21-29(33)31-18-22-8-3-1-4-9-22;/h1-6,8-9,12-15,17,25-26,30,32H,7,10-11,16,18-21H2,(H,31,33);1H/t25?,26-;/m0./s1. The largest absolute Gasteiger partial charge is 0.491 e. The highest BCUT2D eigenvalue weighted by Crippen LogP contribution is 2.25. The van der Waals surface area contributed by atoms with Crippen LogP contribution in [0, 0.1) is 0 Å². The van der Waals surface area contributed by atoms with Gasteiger partial charge >= 0.3 is 0 Å². The summed E-state index contributed by atoms with van der Waals surface area (Å²) in [6, 6.07) is 25.7. The van der Waals surface area contributed by atoms with Crippen LogP contribution in [0.15, 0.2) is 78.9 Å². The molecule has 0 saturated heterocycles. The number of aryl methyl sites for hydroxylation is 1. The number of aliphatic hydroxyl groups excluding tert-OH is 1. The minimum atomic E-state index is -0.581. The van der Waals surface area contributed by atoms with E-state index in [4.69, 9.17) is 9.47 Å². The van der Waals surface area contributed by atoms with Gasteiger partial charge in [0.15, 0.2) is 6.61 Å². The smallest absolute Gasteiger partial charge is 0.258 e. The van der Waals surface area contributed by atoms with Crippen molar-refractivity contribution in [2.75, 3.05) is 19.8 Å². The molecule has 1 amide bonds. The predicted molar refractivity (Wildman–Crippen MR) is 144 cm³/mol. The second kappa shape index (κ2) is 14.5. The summed E-state index contributed by atoms with van der Waals surface area (Å²) in [7, 11) is 0. The third kappa shape index (κ3) is 8.86. The normalized spacial score (nSPS) is 15.5. The molecule has 192 valence electrons. The first kappa shape index (κ1) is 27.5. The second-order valence-electron chi connectivity index (χ2n) is 8.96. The van der Waals surface area contributed by atoms with Gasteiger partial charge in [0.1, 0.15) is 24.2 Å². The van der Waals surface area contributed by atoms with E-state index < -0.39 is 6.10 Å². The first-order valence-electron chi connectivity index (χ1n) is 12.3. The quantitative estimate of drug-likeness (QED) is 0.339. The summed E-state index contributed by atoms with van der Waals surface area (Å²) in [4.78, 5) is 12.2. The minimum Gasteiger partial charge on any atom is -0.491 e. The van der Waals surface area contributed by atoms with Gasteiger partial charge in [0.25, 0.3) is 5.91 Å². The van der Waals surface area contributed by atoms with E-state index in [1.165, 1.54) is 11.1 Å². The maximum Gasteiger partial charge on any atom is 0.258 e. The van der Waals surface area contributed by atoms with E-state index in [-0.39, 0.29) is 37.6 Å². The zero-order chi connectivity index (χ0) is 24.3. The van der Waals surface area contributed by atoms with Crippen molar-refractivity contribution in [2.24, 2.45) is 0 Å². The van der Waals surface area contributed by atoms with Gasteiger partial charge in [-0.15, -0.1) is 12.4 Å². The fraction of sp³-hybridized carbons (Fsp3) is 0.345. The molecule has 0 aromatic heterocycles. The number of rotatable bonds is 11. The number of benzene rings is 3. The van der Waals surface area contributed by atoms with Crippen molar-refractivity contribution in [1.29, 1.82) is 0 Å². The Morgan fingerprint density at radius 2 is 1.69 bits per heavy atom. The van der Waals surface area contributed by atoms with Crippen molar-refractivity contribution in [3.63, 3.8) is 0 Å². The fourth-order valence-electron chi connectivity index (χ4n) is 4.27. The maximum absolute atomic E-state index is 12.2. The van der Waals surface area contributed by atoms with Crippen molar-refractivity contribution in [1.82, 2.24) is 10.6 Å². The Hall–Kier alpha value is -3.06. The van der Waals surface area contributed by atoms with Gasteiger partial charge in [-0.25, -0.2) is 0 Å². The summed E-state index contributed by atoms with van der Waals surface area (Å²) in [5.74, 6) is 1.32. The molecule has 0 saturated carbocycles. The van der Waals surface area contributed by atoms with Crippen LogP contribution < -0.4 is 20.1 Å². The van der Waals surface area contributed by atoms with Crippen molar-refractivity contribution in [3.05, 3.63) is 95.6 Å². The van der Waals surface area contributed by atoms with Crippen LogP contribution in [0.5, 0.6) is 11.5 Å². The number of halogens is 1. The van der Waals surface area contributed by atoms with Crippen molar-refractivity contribution in [2.45, 2.75) is 44.4 Å². The van der Waals surface area contributed by atoms with Crippen LogP contribution >= 0.6 is 12.4 Å². The number of nitrogens with one attached hydrogen (secondary N) is 2. The summed E-state index contributed by atoms with van der Waals surface area (Å²) in [5.41, 5.74) is 3.61. The molecule has 0 aliphatic heterocycles. The van der Waals surface area contributed by atoms with E-state index in [0.717, 1.165) is 37.0 Å². The summed E-state index contributed by atoms with van der Waals surface area (Å²) < 4.78 is 11.4. The molecule has 7 heteroatoms. The molecule has 1 aliphatic rings. The van der Waals surface area contributed by atoms with Crippen LogP contribution in [-0.4, -0.2) is 42.9 Å². The summed E-state index contributed by atoms with van der Waals surface area (Å²) in [5, 5.41) is 16.7. The molecule has 2 atom stereocenters. The van der Waals surface area contributed by atoms with Gasteiger partial charge in [0.05, 0.1) is 0 Å². The van der Waals surface area contributed by atoms with Crippen molar-refractivity contribution < 1.29 is 19.4 Å². The number of aliphatic hydroxyl groups is 1. The van der Waals surface area contributed by atoms with E-state index in [0.29, 0.717) is 18.8 Å². The highest BCUT2D eigenvalue weighted by atomic mass is 35.5. The Morgan fingerprint density at radius 1 is 0.944 bits per heavy atom. The lowest BCUT2D eigenvalue weighted by Crippen LogP contribution is -2.39. The molecule has 3 aromatic rings. The number of hydrogen-bond donors (Lipinski definition) is 3. The summed E-state index contributed by atoms with van der Waals surface area (Å²) >= 11 is 0. The van der Waals surface area contributed by atoms with E-state index in [9.17, 15) is 9.90 Å². The summed E-state index contributed by atoms with van der Waals surface area (Å²) in [6.45, 7) is 1.21. The lowest BCUT2D eigenvalue weighted by Gasteiger charge is -2.20. The lowest BCUT2D eigenvalue weighted by molar-refractivity contribution is -0.123. The molecular formula is C29H35ClN2O4. The molecule has 0 fully saturated rings. The average molecular weight is 511 g/mol. The number of amides is 1. The van der Waals surface area contributed by atoms with Gasteiger partial charge in [-0.05, 0) is 66.6 Å². The fourth-order valence-corrected chi connectivity index (χ4v) is 4.27. The van der Waals surface area contributed by atoms with Crippen LogP contribution in [0.4, 0.5) is 0 Å². The predicted octanol–water partition coefficient (Wildman–Crippen LogP) is 4.08. The van der Waals surface area contributed by atoms with E-state index >= 15 is 0 Å². The number of hydrogen-bond acceptors (Lipinski definition) is 5. The minimum absolute atomic E-state index is 0. The topological polar surface area (TPSA) is 79.8 Å².